The first-order valence-electron chi connectivity index (χ1n) is 3.40. The predicted molar refractivity (Wildman–Crippen MR) is 40.3 cm³/mol. The van der Waals surface area contributed by atoms with Crippen molar-refractivity contribution in [2.24, 2.45) is 5.73 Å². The second-order valence-corrected chi connectivity index (χ2v) is 2.10. The summed E-state index contributed by atoms with van der Waals surface area (Å²) in [6.07, 6.45) is 0.783. The van der Waals surface area contributed by atoms with Crippen molar-refractivity contribution in [3.05, 3.63) is 11.8 Å². The summed E-state index contributed by atoms with van der Waals surface area (Å²) in [5.74, 6) is -0.520. The molecule has 0 aromatic heterocycles. The molecular weight excluding hydrogens is 146 g/mol. The van der Waals surface area contributed by atoms with Crippen molar-refractivity contribution < 1.29 is 14.6 Å². The summed E-state index contributed by atoms with van der Waals surface area (Å²) in [7, 11) is 0. The number of hydrogen-bond donors (Lipinski definition) is 2. The van der Waals surface area contributed by atoms with E-state index in [-0.39, 0.29) is 0 Å². The Balaban J connectivity index is 4.02. The summed E-state index contributed by atoms with van der Waals surface area (Å²) in [5, 5.41) is 8.66. The lowest BCUT2D eigenvalue weighted by molar-refractivity contribution is -0.115. The number of amides is 1. The Hall–Kier alpha value is -1.03. The fourth-order valence-corrected chi connectivity index (χ4v) is 0.496. The fraction of sp³-hybridized carbons (Fsp3) is 0.571. The number of ether oxygens (including phenoxy) is 1. The Morgan fingerprint density at radius 3 is 2.64 bits per heavy atom. The highest BCUT2D eigenvalue weighted by Crippen LogP contribution is 2.00. The van der Waals surface area contributed by atoms with Crippen molar-refractivity contribution in [3.8, 4) is 0 Å². The Bertz CT molecular complexity index is 163. The van der Waals surface area contributed by atoms with E-state index in [9.17, 15) is 4.79 Å². The molecule has 0 bridgehead atoms. The van der Waals surface area contributed by atoms with Crippen molar-refractivity contribution in [3.63, 3.8) is 0 Å². The highest BCUT2D eigenvalue weighted by atomic mass is 16.6. The SMILES string of the molecule is CCC(=COC(C)O)C(N)=O. The van der Waals surface area contributed by atoms with Crippen LogP contribution in [0.2, 0.25) is 0 Å². The van der Waals surface area contributed by atoms with Crippen LogP contribution in [0.4, 0.5) is 0 Å². The third-order valence-electron chi connectivity index (χ3n) is 1.10. The van der Waals surface area contributed by atoms with Gasteiger partial charge in [0.05, 0.1) is 11.8 Å². The Labute approximate surface area is 65.6 Å². The molecule has 4 heteroatoms. The average Bonchev–Trinajstić information content (AvgIpc) is 1.87. The zero-order valence-corrected chi connectivity index (χ0v) is 6.70. The number of nitrogens with two attached hydrogens (primary N) is 1. The van der Waals surface area contributed by atoms with Gasteiger partial charge >= 0.3 is 0 Å². The maximum Gasteiger partial charge on any atom is 0.247 e. The normalized spacial score (nSPS) is 14.3. The standard InChI is InChI=1S/C7H13NO3/c1-3-6(7(8)10)4-11-5(2)9/h4-5,9H,3H2,1-2H3,(H2,8,10). The predicted octanol–water partition coefficient (Wildman–Crippen LogP) is 0.120. The molecule has 0 heterocycles. The number of aliphatic hydroxyl groups excluding tert-OH is 1. The van der Waals surface area contributed by atoms with Crippen LogP contribution in [0.15, 0.2) is 11.8 Å². The topological polar surface area (TPSA) is 72.6 Å². The van der Waals surface area contributed by atoms with Gasteiger partial charge in [0.2, 0.25) is 5.91 Å². The minimum absolute atomic E-state index is 0.367. The van der Waals surface area contributed by atoms with Crippen LogP contribution in [-0.2, 0) is 9.53 Å². The van der Waals surface area contributed by atoms with Gasteiger partial charge in [0.25, 0.3) is 0 Å². The Morgan fingerprint density at radius 2 is 2.36 bits per heavy atom. The first kappa shape index (κ1) is 9.97. The molecule has 0 spiro atoms. The van der Waals surface area contributed by atoms with Gasteiger partial charge < -0.3 is 15.6 Å². The Kier molecular flexibility index (Phi) is 4.29. The van der Waals surface area contributed by atoms with E-state index >= 15 is 0 Å². The second kappa shape index (κ2) is 4.73. The van der Waals surface area contributed by atoms with Gasteiger partial charge in [0, 0.05) is 0 Å². The zero-order chi connectivity index (χ0) is 8.85. The van der Waals surface area contributed by atoms with E-state index < -0.39 is 12.2 Å². The van der Waals surface area contributed by atoms with Crippen LogP contribution < -0.4 is 5.73 Å². The third kappa shape index (κ3) is 4.38. The average molecular weight is 159 g/mol. The van der Waals surface area contributed by atoms with Crippen molar-refractivity contribution in [1.29, 1.82) is 0 Å². The Morgan fingerprint density at radius 1 is 1.82 bits per heavy atom. The van der Waals surface area contributed by atoms with Crippen LogP contribution in [0.25, 0.3) is 0 Å². The lowest BCUT2D eigenvalue weighted by Gasteiger charge is -2.04. The molecule has 64 valence electrons. The minimum atomic E-state index is -0.907. The summed E-state index contributed by atoms with van der Waals surface area (Å²) in [6.45, 7) is 3.23. The monoisotopic (exact) mass is 159 g/mol. The van der Waals surface area contributed by atoms with E-state index in [4.69, 9.17) is 10.8 Å². The molecule has 3 N–H and O–H groups in total. The number of carbonyl (C=O) groups excluding carboxylic acids is 1. The van der Waals surface area contributed by atoms with Crippen LogP contribution in [-0.4, -0.2) is 17.3 Å². The summed E-state index contributed by atoms with van der Waals surface area (Å²) < 4.78 is 4.65. The highest BCUT2D eigenvalue weighted by Gasteiger charge is 2.02. The molecule has 1 atom stereocenters. The largest absolute Gasteiger partial charge is 0.473 e. The summed E-state index contributed by atoms with van der Waals surface area (Å²) in [4.78, 5) is 10.5. The molecule has 0 fully saturated rings. The van der Waals surface area contributed by atoms with E-state index in [1.165, 1.54) is 13.2 Å². The van der Waals surface area contributed by atoms with E-state index in [0.29, 0.717) is 12.0 Å². The molecule has 1 unspecified atom stereocenters. The van der Waals surface area contributed by atoms with Gasteiger partial charge in [0.15, 0.2) is 6.29 Å². The van der Waals surface area contributed by atoms with Crippen molar-refractivity contribution in [1.82, 2.24) is 0 Å². The van der Waals surface area contributed by atoms with Gasteiger partial charge in [-0.2, -0.15) is 0 Å². The van der Waals surface area contributed by atoms with Gasteiger partial charge in [-0.25, -0.2) is 0 Å². The molecule has 11 heavy (non-hydrogen) atoms. The van der Waals surface area contributed by atoms with Crippen LogP contribution in [0.1, 0.15) is 20.3 Å². The van der Waals surface area contributed by atoms with E-state index in [1.807, 2.05) is 0 Å². The molecule has 0 aliphatic rings. The molecule has 1 amide bonds. The molecule has 0 aliphatic carbocycles. The summed E-state index contributed by atoms with van der Waals surface area (Å²) in [6, 6.07) is 0. The molecule has 0 aromatic rings. The number of aliphatic hydroxyl groups is 1. The van der Waals surface area contributed by atoms with Crippen LogP contribution in [0.5, 0.6) is 0 Å². The van der Waals surface area contributed by atoms with Gasteiger partial charge in [-0.05, 0) is 13.3 Å². The zero-order valence-electron chi connectivity index (χ0n) is 6.70. The highest BCUT2D eigenvalue weighted by molar-refractivity contribution is 5.91. The first-order chi connectivity index (χ1) is 5.07. The van der Waals surface area contributed by atoms with Gasteiger partial charge in [-0.1, -0.05) is 6.92 Å². The summed E-state index contributed by atoms with van der Waals surface area (Å²) >= 11 is 0. The van der Waals surface area contributed by atoms with Gasteiger partial charge in [-0.15, -0.1) is 0 Å². The minimum Gasteiger partial charge on any atom is -0.473 e. The molecule has 0 aromatic carbocycles. The molecular formula is C7H13NO3. The maximum atomic E-state index is 10.5. The van der Waals surface area contributed by atoms with E-state index in [0.717, 1.165) is 0 Å². The molecule has 0 aliphatic heterocycles. The van der Waals surface area contributed by atoms with Crippen LogP contribution >= 0.6 is 0 Å². The number of rotatable bonds is 4. The van der Waals surface area contributed by atoms with E-state index in [2.05, 4.69) is 4.74 Å². The molecule has 0 saturated heterocycles. The quantitative estimate of drug-likeness (QED) is 0.347. The lowest BCUT2D eigenvalue weighted by atomic mass is 10.2. The van der Waals surface area contributed by atoms with E-state index in [1.54, 1.807) is 6.92 Å². The first-order valence-corrected chi connectivity index (χ1v) is 3.40. The van der Waals surface area contributed by atoms with Crippen LogP contribution in [0.3, 0.4) is 0 Å². The fourth-order valence-electron chi connectivity index (χ4n) is 0.496. The van der Waals surface area contributed by atoms with Crippen molar-refractivity contribution in [2.45, 2.75) is 26.6 Å². The van der Waals surface area contributed by atoms with Crippen LogP contribution in [0, 0.1) is 0 Å². The number of primary amides is 1. The van der Waals surface area contributed by atoms with Crippen molar-refractivity contribution in [2.75, 3.05) is 0 Å². The van der Waals surface area contributed by atoms with Gasteiger partial charge in [-0.3, -0.25) is 4.79 Å². The van der Waals surface area contributed by atoms with Gasteiger partial charge in [0.1, 0.15) is 0 Å². The van der Waals surface area contributed by atoms with Crippen molar-refractivity contribution >= 4 is 5.91 Å². The number of hydrogen-bond acceptors (Lipinski definition) is 3. The molecule has 0 saturated carbocycles. The smallest absolute Gasteiger partial charge is 0.247 e. The summed E-state index contributed by atoms with van der Waals surface area (Å²) in [5.41, 5.74) is 5.33. The second-order valence-electron chi connectivity index (χ2n) is 2.10. The lowest BCUT2D eigenvalue weighted by Crippen LogP contribution is -2.14. The molecule has 4 nitrogen and oxygen atoms in total. The molecule has 0 radical (unpaired) electrons. The molecule has 0 rings (SSSR count). The number of carbonyl (C=O) groups is 1. The maximum absolute atomic E-state index is 10.5. The third-order valence-corrected chi connectivity index (χ3v) is 1.10.